The molecule has 1 saturated heterocycles. The Labute approximate surface area is 117 Å². The largest absolute Gasteiger partial charge is 0.468 e. The highest BCUT2D eigenvalue weighted by Gasteiger charge is 2.20. The van der Waals surface area contributed by atoms with Gasteiger partial charge in [-0.15, -0.1) is 0 Å². The second kappa shape index (κ2) is 7.11. The number of nitrogens with one attached hydrogen (secondary N) is 1. The lowest BCUT2D eigenvalue weighted by Gasteiger charge is -2.20. The predicted octanol–water partition coefficient (Wildman–Crippen LogP) is 3.26. The van der Waals surface area contributed by atoms with E-state index in [1.54, 1.807) is 0 Å². The SMILES string of the molecule is CNCc1coc(CN2CCCC(C(C)C)CC2)c1. The van der Waals surface area contributed by atoms with Crippen molar-refractivity contribution in [2.75, 3.05) is 20.1 Å². The smallest absolute Gasteiger partial charge is 0.118 e. The molecule has 1 aromatic heterocycles. The maximum Gasteiger partial charge on any atom is 0.118 e. The van der Waals surface area contributed by atoms with E-state index in [0.29, 0.717) is 0 Å². The highest BCUT2D eigenvalue weighted by Crippen LogP contribution is 2.25. The minimum Gasteiger partial charge on any atom is -0.468 e. The lowest BCUT2D eigenvalue weighted by atomic mass is 9.89. The summed E-state index contributed by atoms with van der Waals surface area (Å²) in [5.74, 6) is 2.83. The molecule has 108 valence electrons. The number of nitrogens with zero attached hydrogens (tertiary/aromatic N) is 1. The second-order valence-electron chi connectivity index (χ2n) is 6.16. The number of hydrogen-bond acceptors (Lipinski definition) is 3. The molecular formula is C16H28N2O. The van der Waals surface area contributed by atoms with Crippen molar-refractivity contribution in [3.8, 4) is 0 Å². The van der Waals surface area contributed by atoms with E-state index in [0.717, 1.165) is 30.7 Å². The van der Waals surface area contributed by atoms with Crippen molar-refractivity contribution in [2.24, 2.45) is 11.8 Å². The minimum atomic E-state index is 0.825. The van der Waals surface area contributed by atoms with Gasteiger partial charge in [0.05, 0.1) is 12.8 Å². The van der Waals surface area contributed by atoms with Crippen LogP contribution in [0.3, 0.4) is 0 Å². The molecule has 0 bridgehead atoms. The maximum atomic E-state index is 5.65. The van der Waals surface area contributed by atoms with Crippen molar-refractivity contribution in [2.45, 2.75) is 46.2 Å². The summed E-state index contributed by atoms with van der Waals surface area (Å²) in [6.07, 6.45) is 5.92. The van der Waals surface area contributed by atoms with Gasteiger partial charge in [-0.2, -0.15) is 0 Å². The van der Waals surface area contributed by atoms with Gasteiger partial charge in [-0.25, -0.2) is 0 Å². The van der Waals surface area contributed by atoms with Crippen molar-refractivity contribution in [1.29, 1.82) is 0 Å². The highest BCUT2D eigenvalue weighted by molar-refractivity contribution is 5.12. The summed E-state index contributed by atoms with van der Waals surface area (Å²) < 4.78 is 5.65. The molecule has 2 rings (SSSR count). The van der Waals surface area contributed by atoms with E-state index in [9.17, 15) is 0 Å². The molecule has 19 heavy (non-hydrogen) atoms. The molecule has 1 fully saturated rings. The average molecular weight is 264 g/mol. The molecule has 1 aliphatic heterocycles. The first kappa shape index (κ1) is 14.6. The normalized spacial score (nSPS) is 21.8. The molecule has 0 aromatic carbocycles. The summed E-state index contributed by atoms with van der Waals surface area (Å²) >= 11 is 0. The molecule has 1 aliphatic rings. The quantitative estimate of drug-likeness (QED) is 0.885. The summed E-state index contributed by atoms with van der Waals surface area (Å²) in [5, 5.41) is 3.16. The lowest BCUT2D eigenvalue weighted by molar-refractivity contribution is 0.244. The average Bonchev–Trinajstić information content (AvgIpc) is 2.67. The van der Waals surface area contributed by atoms with Gasteiger partial charge in [0.2, 0.25) is 0 Å². The second-order valence-corrected chi connectivity index (χ2v) is 6.16. The minimum absolute atomic E-state index is 0.825. The van der Waals surface area contributed by atoms with Gasteiger partial charge in [0.1, 0.15) is 5.76 Å². The van der Waals surface area contributed by atoms with Crippen molar-refractivity contribution in [3.05, 3.63) is 23.7 Å². The third-order valence-corrected chi connectivity index (χ3v) is 4.28. The molecule has 1 aromatic rings. The van der Waals surface area contributed by atoms with Gasteiger partial charge in [-0.3, -0.25) is 4.90 Å². The Morgan fingerprint density at radius 3 is 2.95 bits per heavy atom. The first-order chi connectivity index (χ1) is 9.19. The van der Waals surface area contributed by atoms with Crippen LogP contribution in [0.25, 0.3) is 0 Å². The molecule has 1 unspecified atom stereocenters. The van der Waals surface area contributed by atoms with Crippen molar-refractivity contribution in [3.63, 3.8) is 0 Å². The first-order valence-corrected chi connectivity index (χ1v) is 7.62. The van der Waals surface area contributed by atoms with Gasteiger partial charge >= 0.3 is 0 Å². The number of hydrogen-bond donors (Lipinski definition) is 1. The van der Waals surface area contributed by atoms with E-state index in [1.807, 2.05) is 13.3 Å². The van der Waals surface area contributed by atoms with Crippen LogP contribution in [0, 0.1) is 11.8 Å². The summed E-state index contributed by atoms with van der Waals surface area (Å²) in [6.45, 7) is 9.00. The molecule has 0 aliphatic carbocycles. The first-order valence-electron chi connectivity index (χ1n) is 7.62. The Balaban J connectivity index is 1.85. The van der Waals surface area contributed by atoms with E-state index in [1.165, 1.54) is 37.9 Å². The molecule has 0 radical (unpaired) electrons. The fraction of sp³-hybridized carbons (Fsp3) is 0.750. The Kier molecular flexibility index (Phi) is 5.46. The molecule has 2 heterocycles. The molecule has 0 amide bonds. The highest BCUT2D eigenvalue weighted by atomic mass is 16.3. The zero-order chi connectivity index (χ0) is 13.7. The van der Waals surface area contributed by atoms with Gasteiger partial charge in [-0.1, -0.05) is 13.8 Å². The number of rotatable bonds is 5. The van der Waals surface area contributed by atoms with E-state index in [-0.39, 0.29) is 0 Å². The third kappa shape index (κ3) is 4.36. The van der Waals surface area contributed by atoms with Crippen LogP contribution in [0.5, 0.6) is 0 Å². The Hall–Kier alpha value is -0.800. The van der Waals surface area contributed by atoms with Crippen LogP contribution >= 0.6 is 0 Å². The van der Waals surface area contributed by atoms with Crippen LogP contribution in [0.4, 0.5) is 0 Å². The Morgan fingerprint density at radius 2 is 2.21 bits per heavy atom. The third-order valence-electron chi connectivity index (χ3n) is 4.28. The van der Waals surface area contributed by atoms with E-state index >= 15 is 0 Å². The number of likely N-dealkylation sites (tertiary alicyclic amines) is 1. The zero-order valence-corrected chi connectivity index (χ0v) is 12.6. The molecule has 1 atom stereocenters. The van der Waals surface area contributed by atoms with Crippen LogP contribution in [0.15, 0.2) is 16.7 Å². The van der Waals surface area contributed by atoms with Gasteiger partial charge in [0.25, 0.3) is 0 Å². The monoisotopic (exact) mass is 264 g/mol. The summed E-state index contributed by atoms with van der Waals surface area (Å²) in [4.78, 5) is 2.55. The van der Waals surface area contributed by atoms with Crippen LogP contribution in [0.1, 0.15) is 44.4 Å². The van der Waals surface area contributed by atoms with Crippen molar-refractivity contribution in [1.82, 2.24) is 10.2 Å². The Morgan fingerprint density at radius 1 is 1.37 bits per heavy atom. The fourth-order valence-electron chi connectivity index (χ4n) is 3.03. The number of furan rings is 1. The molecular weight excluding hydrogens is 236 g/mol. The summed E-state index contributed by atoms with van der Waals surface area (Å²) in [5.41, 5.74) is 1.24. The Bertz CT molecular complexity index is 373. The topological polar surface area (TPSA) is 28.4 Å². The van der Waals surface area contributed by atoms with Crippen molar-refractivity contribution >= 4 is 0 Å². The summed E-state index contributed by atoms with van der Waals surface area (Å²) in [7, 11) is 1.97. The van der Waals surface area contributed by atoms with Crippen LogP contribution in [-0.2, 0) is 13.1 Å². The molecule has 1 N–H and O–H groups in total. The van der Waals surface area contributed by atoms with Gasteiger partial charge in [0, 0.05) is 12.1 Å². The standard InChI is InChI=1S/C16H28N2O/c1-13(2)15-5-4-7-18(8-6-15)11-16-9-14(10-17-3)12-19-16/h9,12-13,15,17H,4-8,10-11H2,1-3H3. The fourth-order valence-corrected chi connectivity index (χ4v) is 3.03. The van der Waals surface area contributed by atoms with Crippen LogP contribution in [0.2, 0.25) is 0 Å². The maximum absolute atomic E-state index is 5.65. The van der Waals surface area contributed by atoms with Gasteiger partial charge < -0.3 is 9.73 Å². The predicted molar refractivity (Wildman–Crippen MR) is 78.9 cm³/mol. The van der Waals surface area contributed by atoms with Crippen LogP contribution < -0.4 is 5.32 Å². The summed E-state index contributed by atoms with van der Waals surface area (Å²) in [6, 6.07) is 2.18. The molecule has 3 nitrogen and oxygen atoms in total. The van der Waals surface area contributed by atoms with Gasteiger partial charge in [-0.05, 0) is 57.3 Å². The van der Waals surface area contributed by atoms with Gasteiger partial charge in [0.15, 0.2) is 0 Å². The van der Waals surface area contributed by atoms with E-state index < -0.39 is 0 Å². The van der Waals surface area contributed by atoms with Crippen LogP contribution in [-0.4, -0.2) is 25.0 Å². The zero-order valence-electron chi connectivity index (χ0n) is 12.6. The van der Waals surface area contributed by atoms with Crippen molar-refractivity contribution < 1.29 is 4.42 Å². The molecule has 0 saturated carbocycles. The van der Waals surface area contributed by atoms with E-state index in [4.69, 9.17) is 4.42 Å². The van der Waals surface area contributed by atoms with E-state index in [2.05, 4.69) is 30.1 Å². The lowest BCUT2D eigenvalue weighted by Crippen LogP contribution is -2.24. The molecule has 3 heteroatoms. The molecule has 0 spiro atoms.